The maximum atomic E-state index is 13.2. The van der Waals surface area contributed by atoms with E-state index in [0.717, 1.165) is 5.56 Å². The molecule has 0 bridgehead atoms. The van der Waals surface area contributed by atoms with Crippen molar-refractivity contribution >= 4 is 0 Å². The molecule has 0 aliphatic heterocycles. The third-order valence-electron chi connectivity index (χ3n) is 1.76. The van der Waals surface area contributed by atoms with Gasteiger partial charge in [0.2, 0.25) is 0 Å². The Balaban J connectivity index is 2.93. The lowest BCUT2D eigenvalue weighted by atomic mass is 10.1. The molecule has 2 nitrogen and oxygen atoms in total. The van der Waals surface area contributed by atoms with Crippen LogP contribution in [0.1, 0.15) is 17.5 Å². The summed E-state index contributed by atoms with van der Waals surface area (Å²) in [6.45, 7) is 1.70. The number of rotatable bonds is 3. The first kappa shape index (κ1) is 10.1. The van der Waals surface area contributed by atoms with E-state index in [2.05, 4.69) is 4.98 Å². The van der Waals surface area contributed by atoms with E-state index in [0.29, 0.717) is 0 Å². The predicted molar refractivity (Wildman–Crippen MR) is 46.5 cm³/mol. The van der Waals surface area contributed by atoms with Crippen molar-refractivity contribution in [2.45, 2.75) is 19.3 Å². The van der Waals surface area contributed by atoms with Crippen LogP contribution in [-0.2, 0) is 5.92 Å². The van der Waals surface area contributed by atoms with E-state index in [4.69, 9.17) is 5.73 Å². The Hall–Kier alpha value is -1.03. The molecule has 0 radical (unpaired) electrons. The summed E-state index contributed by atoms with van der Waals surface area (Å²) in [7, 11) is 0. The first-order chi connectivity index (χ1) is 6.06. The molecule has 0 aliphatic rings. The topological polar surface area (TPSA) is 38.9 Å². The van der Waals surface area contributed by atoms with Crippen LogP contribution >= 0.6 is 0 Å². The molecule has 1 rings (SSSR count). The number of aryl methyl sites for hydroxylation is 1. The molecule has 0 spiro atoms. The highest BCUT2D eigenvalue weighted by atomic mass is 19.3. The molecule has 0 amide bonds. The Morgan fingerprint density at radius 1 is 1.46 bits per heavy atom. The normalized spacial score (nSPS) is 11.7. The highest BCUT2D eigenvalue weighted by Gasteiger charge is 2.30. The van der Waals surface area contributed by atoms with Crippen molar-refractivity contribution in [3.63, 3.8) is 0 Å². The SMILES string of the molecule is Cc1cncc(C(F)(F)CCN)c1. The molecule has 13 heavy (non-hydrogen) atoms. The van der Waals surface area contributed by atoms with Crippen molar-refractivity contribution in [2.75, 3.05) is 6.54 Å². The molecule has 1 aromatic heterocycles. The molecular weight excluding hydrogens is 174 g/mol. The second kappa shape index (κ2) is 3.79. The van der Waals surface area contributed by atoms with Gasteiger partial charge in [0.15, 0.2) is 0 Å². The maximum Gasteiger partial charge on any atom is 0.275 e. The summed E-state index contributed by atoms with van der Waals surface area (Å²) >= 11 is 0. The quantitative estimate of drug-likeness (QED) is 0.782. The number of aromatic nitrogens is 1. The summed E-state index contributed by atoms with van der Waals surface area (Å²) < 4.78 is 26.4. The van der Waals surface area contributed by atoms with Gasteiger partial charge in [-0.05, 0) is 25.1 Å². The Labute approximate surface area is 75.8 Å². The van der Waals surface area contributed by atoms with Crippen molar-refractivity contribution in [1.82, 2.24) is 4.98 Å². The van der Waals surface area contributed by atoms with Gasteiger partial charge < -0.3 is 5.73 Å². The number of nitrogens with two attached hydrogens (primary N) is 1. The second-order valence-electron chi connectivity index (χ2n) is 2.99. The molecule has 0 saturated carbocycles. The highest BCUT2D eigenvalue weighted by molar-refractivity contribution is 5.21. The van der Waals surface area contributed by atoms with E-state index in [1.807, 2.05) is 0 Å². The monoisotopic (exact) mass is 186 g/mol. The van der Waals surface area contributed by atoms with Crippen molar-refractivity contribution < 1.29 is 8.78 Å². The molecule has 0 aromatic carbocycles. The summed E-state index contributed by atoms with van der Waals surface area (Å²) in [5.41, 5.74) is 5.76. The van der Waals surface area contributed by atoms with Crippen molar-refractivity contribution in [3.8, 4) is 0 Å². The van der Waals surface area contributed by atoms with Gasteiger partial charge in [0.05, 0.1) is 0 Å². The van der Waals surface area contributed by atoms with Gasteiger partial charge in [-0.2, -0.15) is 0 Å². The lowest BCUT2D eigenvalue weighted by Crippen LogP contribution is -2.18. The molecule has 2 N–H and O–H groups in total. The minimum absolute atomic E-state index is 0.0268. The summed E-state index contributed by atoms with van der Waals surface area (Å²) in [5, 5.41) is 0. The molecular formula is C9H12F2N2. The minimum atomic E-state index is -2.85. The van der Waals surface area contributed by atoms with E-state index in [1.54, 1.807) is 13.1 Å². The number of halogens is 2. The Morgan fingerprint density at radius 2 is 2.15 bits per heavy atom. The third kappa shape index (κ3) is 2.45. The number of hydrogen-bond donors (Lipinski definition) is 1. The molecule has 1 aromatic rings. The van der Waals surface area contributed by atoms with E-state index in [-0.39, 0.29) is 18.5 Å². The van der Waals surface area contributed by atoms with Crippen LogP contribution in [0.15, 0.2) is 18.5 Å². The Kier molecular flexibility index (Phi) is 2.93. The fourth-order valence-electron chi connectivity index (χ4n) is 1.08. The second-order valence-corrected chi connectivity index (χ2v) is 2.99. The lowest BCUT2D eigenvalue weighted by molar-refractivity contribution is -0.0111. The largest absolute Gasteiger partial charge is 0.330 e. The predicted octanol–water partition coefficient (Wildman–Crippen LogP) is 1.83. The third-order valence-corrected chi connectivity index (χ3v) is 1.76. The summed E-state index contributed by atoms with van der Waals surface area (Å²) in [4.78, 5) is 3.71. The van der Waals surface area contributed by atoms with E-state index in [9.17, 15) is 8.78 Å². The Bertz CT molecular complexity index is 287. The van der Waals surface area contributed by atoms with E-state index < -0.39 is 5.92 Å². The molecule has 1 heterocycles. The Morgan fingerprint density at radius 3 is 2.69 bits per heavy atom. The van der Waals surface area contributed by atoms with Gasteiger partial charge in [-0.25, -0.2) is 8.78 Å². The van der Waals surface area contributed by atoms with E-state index in [1.165, 1.54) is 12.3 Å². The summed E-state index contributed by atoms with van der Waals surface area (Å²) in [6.07, 6.45) is 2.39. The number of nitrogens with zero attached hydrogens (tertiary/aromatic N) is 1. The van der Waals surface area contributed by atoms with Crippen molar-refractivity contribution in [2.24, 2.45) is 5.73 Å². The van der Waals surface area contributed by atoms with Crippen LogP contribution in [0.25, 0.3) is 0 Å². The molecule has 0 saturated heterocycles. The van der Waals surface area contributed by atoms with Gasteiger partial charge in [0, 0.05) is 24.4 Å². The van der Waals surface area contributed by atoms with Crippen LogP contribution in [-0.4, -0.2) is 11.5 Å². The smallest absolute Gasteiger partial charge is 0.275 e. The van der Waals surface area contributed by atoms with Crippen LogP contribution in [0, 0.1) is 6.92 Å². The van der Waals surface area contributed by atoms with Crippen LogP contribution in [0.2, 0.25) is 0 Å². The maximum absolute atomic E-state index is 13.2. The van der Waals surface area contributed by atoms with Crippen LogP contribution in [0.4, 0.5) is 8.78 Å². The van der Waals surface area contributed by atoms with Gasteiger partial charge >= 0.3 is 0 Å². The van der Waals surface area contributed by atoms with Crippen LogP contribution in [0.3, 0.4) is 0 Å². The van der Waals surface area contributed by atoms with Crippen LogP contribution < -0.4 is 5.73 Å². The van der Waals surface area contributed by atoms with Crippen molar-refractivity contribution in [1.29, 1.82) is 0 Å². The number of hydrogen-bond acceptors (Lipinski definition) is 2. The van der Waals surface area contributed by atoms with Gasteiger partial charge in [0.1, 0.15) is 0 Å². The summed E-state index contributed by atoms with van der Waals surface area (Å²) in [6, 6.07) is 1.43. The summed E-state index contributed by atoms with van der Waals surface area (Å²) in [5.74, 6) is -2.85. The first-order valence-electron chi connectivity index (χ1n) is 4.06. The molecule has 0 unspecified atom stereocenters. The zero-order valence-corrected chi connectivity index (χ0v) is 7.43. The van der Waals surface area contributed by atoms with Gasteiger partial charge in [0.25, 0.3) is 5.92 Å². The van der Waals surface area contributed by atoms with Gasteiger partial charge in [-0.15, -0.1) is 0 Å². The molecule has 0 fully saturated rings. The average molecular weight is 186 g/mol. The number of pyridine rings is 1. The van der Waals surface area contributed by atoms with Gasteiger partial charge in [-0.3, -0.25) is 4.98 Å². The fraction of sp³-hybridized carbons (Fsp3) is 0.444. The van der Waals surface area contributed by atoms with Crippen molar-refractivity contribution in [3.05, 3.63) is 29.6 Å². The molecule has 72 valence electrons. The first-order valence-corrected chi connectivity index (χ1v) is 4.06. The minimum Gasteiger partial charge on any atom is -0.330 e. The zero-order chi connectivity index (χ0) is 9.90. The number of alkyl halides is 2. The van der Waals surface area contributed by atoms with E-state index >= 15 is 0 Å². The van der Waals surface area contributed by atoms with Gasteiger partial charge in [-0.1, -0.05) is 0 Å². The fourth-order valence-corrected chi connectivity index (χ4v) is 1.08. The lowest BCUT2D eigenvalue weighted by Gasteiger charge is -2.15. The highest BCUT2D eigenvalue weighted by Crippen LogP contribution is 2.30. The molecule has 0 aliphatic carbocycles. The standard InChI is InChI=1S/C9H12F2N2/c1-7-4-8(6-13-5-7)9(10,11)2-3-12/h4-6H,2-3,12H2,1H3. The average Bonchev–Trinajstić information content (AvgIpc) is 2.04. The molecule has 4 heteroatoms. The zero-order valence-electron chi connectivity index (χ0n) is 7.43. The van der Waals surface area contributed by atoms with Crippen LogP contribution in [0.5, 0.6) is 0 Å². The molecule has 0 atom stereocenters.